The van der Waals surface area contributed by atoms with Crippen molar-refractivity contribution in [3.05, 3.63) is 30.1 Å². The Hall–Kier alpha value is -0.930. The van der Waals surface area contributed by atoms with Crippen LogP contribution in [0.1, 0.15) is 58.1 Å². The van der Waals surface area contributed by atoms with E-state index in [9.17, 15) is 0 Å². The van der Waals surface area contributed by atoms with Crippen molar-refractivity contribution < 1.29 is 0 Å². The fourth-order valence-corrected chi connectivity index (χ4v) is 3.43. The minimum Gasteiger partial charge on any atom is -0.326 e. The standard InChI is InChI=1S/C16H27N3/c1-4-14-7-6-12(3)19(14)16(15(17)5-2)13-8-10-18-11-9-13/h8-12,14-16H,4-7,17H2,1-3H3. The molecule has 3 heteroatoms. The van der Waals surface area contributed by atoms with Crippen LogP contribution >= 0.6 is 0 Å². The van der Waals surface area contributed by atoms with Crippen LogP contribution in [0.15, 0.2) is 24.5 Å². The SMILES string of the molecule is CCC(N)C(c1ccncc1)N1C(C)CCC1CC. The zero-order chi connectivity index (χ0) is 13.8. The van der Waals surface area contributed by atoms with Gasteiger partial charge in [-0.2, -0.15) is 0 Å². The van der Waals surface area contributed by atoms with Crippen LogP contribution in [-0.4, -0.2) is 28.0 Å². The van der Waals surface area contributed by atoms with Crippen LogP contribution < -0.4 is 5.73 Å². The number of rotatable bonds is 5. The molecule has 0 aliphatic carbocycles. The maximum Gasteiger partial charge on any atom is 0.0505 e. The van der Waals surface area contributed by atoms with Crippen LogP contribution in [0, 0.1) is 0 Å². The summed E-state index contributed by atoms with van der Waals surface area (Å²) in [6.07, 6.45) is 8.57. The fraction of sp³-hybridized carbons (Fsp3) is 0.688. The minimum absolute atomic E-state index is 0.192. The smallest absolute Gasteiger partial charge is 0.0505 e. The molecule has 4 unspecified atom stereocenters. The molecule has 3 nitrogen and oxygen atoms in total. The molecule has 0 amide bonds. The molecule has 2 heterocycles. The summed E-state index contributed by atoms with van der Waals surface area (Å²) in [6.45, 7) is 6.81. The van der Waals surface area contributed by atoms with E-state index in [1.165, 1.54) is 24.8 Å². The summed E-state index contributed by atoms with van der Waals surface area (Å²) >= 11 is 0. The number of hydrogen-bond donors (Lipinski definition) is 1. The van der Waals surface area contributed by atoms with Crippen LogP contribution in [0.3, 0.4) is 0 Å². The summed E-state index contributed by atoms with van der Waals surface area (Å²) in [5.74, 6) is 0. The van der Waals surface area contributed by atoms with Gasteiger partial charge >= 0.3 is 0 Å². The molecule has 0 spiro atoms. The molecule has 1 aromatic rings. The molecular formula is C16H27N3. The van der Waals surface area contributed by atoms with Crippen molar-refractivity contribution in [1.29, 1.82) is 0 Å². The van der Waals surface area contributed by atoms with E-state index in [-0.39, 0.29) is 6.04 Å². The van der Waals surface area contributed by atoms with Crippen molar-refractivity contribution in [2.75, 3.05) is 0 Å². The van der Waals surface area contributed by atoms with Gasteiger partial charge in [-0.25, -0.2) is 0 Å². The number of nitrogens with two attached hydrogens (primary N) is 1. The van der Waals surface area contributed by atoms with Gasteiger partial charge in [-0.15, -0.1) is 0 Å². The molecule has 1 saturated heterocycles. The molecule has 1 fully saturated rings. The molecular weight excluding hydrogens is 234 g/mol. The van der Waals surface area contributed by atoms with E-state index in [1.54, 1.807) is 0 Å². The summed E-state index contributed by atoms with van der Waals surface area (Å²) in [5.41, 5.74) is 7.76. The molecule has 1 aromatic heterocycles. The van der Waals surface area contributed by atoms with Gasteiger partial charge in [0.15, 0.2) is 0 Å². The monoisotopic (exact) mass is 261 g/mol. The van der Waals surface area contributed by atoms with Gasteiger partial charge in [0.2, 0.25) is 0 Å². The molecule has 1 aliphatic rings. The van der Waals surface area contributed by atoms with Gasteiger partial charge in [-0.1, -0.05) is 13.8 Å². The highest BCUT2D eigenvalue weighted by Crippen LogP contribution is 2.36. The molecule has 2 N–H and O–H groups in total. The highest BCUT2D eigenvalue weighted by atomic mass is 15.2. The average molecular weight is 261 g/mol. The Bertz CT molecular complexity index is 379. The van der Waals surface area contributed by atoms with E-state index in [0.29, 0.717) is 18.1 Å². The normalized spacial score (nSPS) is 27.4. The first-order valence-corrected chi connectivity index (χ1v) is 7.61. The molecule has 106 valence electrons. The van der Waals surface area contributed by atoms with Gasteiger partial charge < -0.3 is 5.73 Å². The van der Waals surface area contributed by atoms with E-state index < -0.39 is 0 Å². The Labute approximate surface area is 117 Å². The van der Waals surface area contributed by atoms with Crippen molar-refractivity contribution in [3.8, 4) is 0 Å². The van der Waals surface area contributed by atoms with Gasteiger partial charge in [0.1, 0.15) is 0 Å². The summed E-state index contributed by atoms with van der Waals surface area (Å²) in [7, 11) is 0. The second kappa shape index (κ2) is 6.49. The molecule has 4 atom stereocenters. The predicted molar refractivity (Wildman–Crippen MR) is 79.9 cm³/mol. The highest BCUT2D eigenvalue weighted by molar-refractivity contribution is 5.19. The Balaban J connectivity index is 2.32. The topological polar surface area (TPSA) is 42.1 Å². The van der Waals surface area contributed by atoms with Crippen LogP contribution in [0.4, 0.5) is 0 Å². The van der Waals surface area contributed by atoms with Gasteiger partial charge in [-0.05, 0) is 50.3 Å². The third-order valence-electron chi connectivity index (χ3n) is 4.57. The molecule has 1 aliphatic heterocycles. The van der Waals surface area contributed by atoms with Crippen molar-refractivity contribution in [2.24, 2.45) is 5.73 Å². The van der Waals surface area contributed by atoms with E-state index in [4.69, 9.17) is 5.73 Å². The summed E-state index contributed by atoms with van der Waals surface area (Å²) in [6, 6.07) is 6.06. The first-order valence-electron chi connectivity index (χ1n) is 7.61. The van der Waals surface area contributed by atoms with E-state index in [0.717, 1.165) is 6.42 Å². The van der Waals surface area contributed by atoms with Gasteiger partial charge in [0.05, 0.1) is 6.04 Å². The van der Waals surface area contributed by atoms with Crippen molar-refractivity contribution in [3.63, 3.8) is 0 Å². The lowest BCUT2D eigenvalue weighted by Crippen LogP contribution is -2.46. The highest BCUT2D eigenvalue weighted by Gasteiger charge is 2.37. The summed E-state index contributed by atoms with van der Waals surface area (Å²) in [4.78, 5) is 6.79. The lowest BCUT2D eigenvalue weighted by molar-refractivity contribution is 0.111. The molecule has 0 aromatic carbocycles. The number of nitrogens with zero attached hydrogens (tertiary/aromatic N) is 2. The summed E-state index contributed by atoms with van der Waals surface area (Å²) in [5, 5.41) is 0. The number of hydrogen-bond acceptors (Lipinski definition) is 3. The zero-order valence-electron chi connectivity index (χ0n) is 12.4. The second-order valence-electron chi connectivity index (χ2n) is 5.73. The van der Waals surface area contributed by atoms with Crippen LogP contribution in [-0.2, 0) is 0 Å². The van der Waals surface area contributed by atoms with Crippen LogP contribution in [0.5, 0.6) is 0 Å². The molecule has 0 saturated carbocycles. The number of pyridine rings is 1. The molecule has 19 heavy (non-hydrogen) atoms. The first kappa shape index (κ1) is 14.5. The first-order chi connectivity index (χ1) is 9.19. The zero-order valence-corrected chi connectivity index (χ0v) is 12.4. The van der Waals surface area contributed by atoms with E-state index in [1.807, 2.05) is 12.4 Å². The number of likely N-dealkylation sites (tertiary alicyclic amines) is 1. The van der Waals surface area contributed by atoms with Crippen molar-refractivity contribution in [1.82, 2.24) is 9.88 Å². The Morgan fingerprint density at radius 2 is 2.00 bits per heavy atom. The lowest BCUT2D eigenvalue weighted by atomic mass is 9.95. The maximum absolute atomic E-state index is 6.45. The predicted octanol–water partition coefficient (Wildman–Crippen LogP) is 3.12. The Morgan fingerprint density at radius 1 is 1.32 bits per heavy atom. The third-order valence-corrected chi connectivity index (χ3v) is 4.57. The van der Waals surface area contributed by atoms with Crippen LogP contribution in [0.2, 0.25) is 0 Å². The Morgan fingerprint density at radius 3 is 2.58 bits per heavy atom. The number of aromatic nitrogens is 1. The van der Waals surface area contributed by atoms with E-state index in [2.05, 4.69) is 42.8 Å². The quantitative estimate of drug-likeness (QED) is 0.885. The van der Waals surface area contributed by atoms with Crippen molar-refractivity contribution in [2.45, 2.75) is 70.6 Å². The van der Waals surface area contributed by atoms with Crippen LogP contribution in [0.25, 0.3) is 0 Å². The molecule has 0 bridgehead atoms. The van der Waals surface area contributed by atoms with Gasteiger partial charge in [-0.3, -0.25) is 9.88 Å². The fourth-order valence-electron chi connectivity index (χ4n) is 3.43. The Kier molecular flexibility index (Phi) is 4.94. The largest absolute Gasteiger partial charge is 0.326 e. The third kappa shape index (κ3) is 2.98. The van der Waals surface area contributed by atoms with Crippen molar-refractivity contribution >= 4 is 0 Å². The minimum atomic E-state index is 0.192. The lowest BCUT2D eigenvalue weighted by Gasteiger charge is -2.39. The molecule has 0 radical (unpaired) electrons. The maximum atomic E-state index is 6.45. The second-order valence-corrected chi connectivity index (χ2v) is 5.73. The summed E-state index contributed by atoms with van der Waals surface area (Å²) < 4.78 is 0. The molecule has 2 rings (SSSR count). The average Bonchev–Trinajstić information content (AvgIpc) is 2.81. The van der Waals surface area contributed by atoms with Gasteiger partial charge in [0, 0.05) is 30.5 Å². The van der Waals surface area contributed by atoms with Gasteiger partial charge in [0.25, 0.3) is 0 Å². The van der Waals surface area contributed by atoms with E-state index >= 15 is 0 Å².